The number of halogens is 1. The number of fused-ring (bicyclic) bond motifs is 1. The van der Waals surface area contributed by atoms with Crippen LogP contribution in [0, 0.1) is 0 Å². The first-order chi connectivity index (χ1) is 15.1. The summed E-state index contributed by atoms with van der Waals surface area (Å²) in [5.74, 6) is 1.22. The average Bonchev–Trinajstić information content (AvgIpc) is 3.24. The molecule has 1 N–H and O–H groups in total. The van der Waals surface area contributed by atoms with Gasteiger partial charge in [-0.15, -0.1) is 11.3 Å². The summed E-state index contributed by atoms with van der Waals surface area (Å²) >= 11 is 7.53. The van der Waals surface area contributed by atoms with Gasteiger partial charge in [-0.25, -0.2) is 4.98 Å². The smallest absolute Gasteiger partial charge is 0.252 e. The first kappa shape index (κ1) is 21.2. The number of hydrogen-bond donors (Lipinski definition) is 1. The Morgan fingerprint density at radius 3 is 2.58 bits per heavy atom. The molecule has 0 aliphatic rings. The van der Waals surface area contributed by atoms with Crippen LogP contribution in [0.3, 0.4) is 0 Å². The van der Waals surface area contributed by atoms with E-state index in [1.165, 1.54) is 11.3 Å². The lowest BCUT2D eigenvalue weighted by Gasteiger charge is -2.11. The van der Waals surface area contributed by atoms with Crippen LogP contribution in [0.2, 0.25) is 4.34 Å². The monoisotopic (exact) mass is 452 g/mol. The maximum atomic E-state index is 13.1. The van der Waals surface area contributed by atoms with Gasteiger partial charge in [-0.3, -0.25) is 4.79 Å². The summed E-state index contributed by atoms with van der Waals surface area (Å²) in [4.78, 5) is 18.7. The largest absolute Gasteiger partial charge is 0.493 e. The summed E-state index contributed by atoms with van der Waals surface area (Å²) in [5.41, 5.74) is 3.15. The summed E-state index contributed by atoms with van der Waals surface area (Å²) in [6.07, 6.45) is 0.669. The zero-order valence-corrected chi connectivity index (χ0v) is 18.7. The number of ether oxygens (including phenoxy) is 2. The van der Waals surface area contributed by atoms with Crippen molar-refractivity contribution in [2.45, 2.75) is 6.42 Å². The zero-order valence-electron chi connectivity index (χ0n) is 17.1. The molecule has 0 aliphatic carbocycles. The first-order valence-electron chi connectivity index (χ1n) is 9.73. The Balaban J connectivity index is 1.55. The molecule has 7 heteroatoms. The Hall–Kier alpha value is -3.09. The molecule has 0 fully saturated rings. The molecule has 1 amide bonds. The van der Waals surface area contributed by atoms with Crippen LogP contribution >= 0.6 is 22.9 Å². The van der Waals surface area contributed by atoms with Crippen molar-refractivity contribution >= 4 is 39.7 Å². The van der Waals surface area contributed by atoms with E-state index >= 15 is 0 Å². The number of hydrogen-bond acceptors (Lipinski definition) is 5. The lowest BCUT2D eigenvalue weighted by atomic mass is 10.1. The highest BCUT2D eigenvalue weighted by Crippen LogP contribution is 2.32. The number of nitrogens with zero attached hydrogens (tertiary/aromatic N) is 1. The summed E-state index contributed by atoms with van der Waals surface area (Å²) < 4.78 is 11.3. The van der Waals surface area contributed by atoms with E-state index in [4.69, 9.17) is 26.1 Å². The quantitative estimate of drug-likeness (QED) is 0.396. The number of thiophene rings is 1. The van der Waals surface area contributed by atoms with Crippen molar-refractivity contribution in [2.24, 2.45) is 0 Å². The standard InChI is InChI=1S/C24H21ClN2O3S/c1-29-20-8-7-15(13-21(20)30-2)11-12-26-24(28)17-14-19(22-9-10-23(25)31-22)27-18-6-4-3-5-16(17)18/h3-10,13-14H,11-12H2,1-2H3,(H,26,28). The van der Waals surface area contributed by atoms with Gasteiger partial charge in [0.1, 0.15) is 0 Å². The van der Waals surface area contributed by atoms with Crippen molar-refractivity contribution in [3.63, 3.8) is 0 Å². The highest BCUT2D eigenvalue weighted by atomic mass is 35.5. The molecule has 4 aromatic rings. The molecule has 0 saturated heterocycles. The van der Waals surface area contributed by atoms with Gasteiger partial charge in [0, 0.05) is 11.9 Å². The molecule has 5 nitrogen and oxygen atoms in total. The second kappa shape index (κ2) is 9.37. The van der Waals surface area contributed by atoms with Gasteiger partial charge in [-0.05, 0) is 48.4 Å². The van der Waals surface area contributed by atoms with E-state index in [9.17, 15) is 4.79 Å². The van der Waals surface area contributed by atoms with Crippen LogP contribution < -0.4 is 14.8 Å². The molecule has 0 unspecified atom stereocenters. The third-order valence-corrected chi connectivity index (χ3v) is 6.19. The molecule has 0 bridgehead atoms. The van der Waals surface area contributed by atoms with E-state index in [-0.39, 0.29) is 5.91 Å². The van der Waals surface area contributed by atoms with Crippen LogP contribution in [0.4, 0.5) is 0 Å². The van der Waals surface area contributed by atoms with E-state index < -0.39 is 0 Å². The third-order valence-electron chi connectivity index (χ3n) is 4.93. The summed E-state index contributed by atoms with van der Waals surface area (Å²) in [7, 11) is 3.21. The number of rotatable bonds is 7. The molecule has 2 aromatic carbocycles. The van der Waals surface area contributed by atoms with Crippen molar-refractivity contribution in [1.29, 1.82) is 0 Å². The van der Waals surface area contributed by atoms with E-state index in [2.05, 4.69) is 5.32 Å². The molecule has 158 valence electrons. The van der Waals surface area contributed by atoms with Crippen molar-refractivity contribution in [1.82, 2.24) is 10.3 Å². The third kappa shape index (κ3) is 4.65. The molecule has 0 atom stereocenters. The van der Waals surface area contributed by atoms with Crippen LogP contribution in [0.1, 0.15) is 15.9 Å². The predicted octanol–water partition coefficient (Wildman–Crippen LogP) is 5.61. The number of pyridine rings is 1. The van der Waals surface area contributed by atoms with Gasteiger partial charge in [0.15, 0.2) is 11.5 Å². The van der Waals surface area contributed by atoms with E-state index in [1.54, 1.807) is 14.2 Å². The number of amides is 1. The molecule has 0 aliphatic heterocycles. The molecule has 0 radical (unpaired) electrons. The minimum atomic E-state index is -0.136. The Morgan fingerprint density at radius 1 is 1.03 bits per heavy atom. The summed E-state index contributed by atoms with van der Waals surface area (Å²) in [6.45, 7) is 0.491. The van der Waals surface area contributed by atoms with Crippen LogP contribution in [-0.2, 0) is 6.42 Å². The van der Waals surface area contributed by atoms with Crippen molar-refractivity contribution in [2.75, 3.05) is 20.8 Å². The van der Waals surface area contributed by atoms with E-state index in [0.717, 1.165) is 27.0 Å². The Morgan fingerprint density at radius 2 is 1.84 bits per heavy atom. The maximum absolute atomic E-state index is 13.1. The predicted molar refractivity (Wildman–Crippen MR) is 126 cm³/mol. The fourth-order valence-electron chi connectivity index (χ4n) is 3.39. The first-order valence-corrected chi connectivity index (χ1v) is 10.9. The number of benzene rings is 2. The van der Waals surface area contributed by atoms with Gasteiger partial charge in [0.2, 0.25) is 0 Å². The number of carbonyl (C=O) groups is 1. The SMILES string of the molecule is COc1ccc(CCNC(=O)c2cc(-c3ccc(Cl)s3)nc3ccccc23)cc1OC. The second-order valence-electron chi connectivity index (χ2n) is 6.87. The summed E-state index contributed by atoms with van der Waals surface area (Å²) in [5, 5.41) is 3.85. The topological polar surface area (TPSA) is 60.5 Å². The molecule has 2 aromatic heterocycles. The van der Waals surface area contributed by atoms with Crippen molar-refractivity contribution in [3.05, 3.63) is 76.1 Å². The van der Waals surface area contributed by atoms with Gasteiger partial charge >= 0.3 is 0 Å². The number of para-hydroxylation sites is 1. The molecule has 0 spiro atoms. The van der Waals surface area contributed by atoms with Gasteiger partial charge in [-0.2, -0.15) is 0 Å². The molecule has 4 rings (SSSR count). The van der Waals surface area contributed by atoms with Gasteiger partial charge in [-0.1, -0.05) is 35.9 Å². The number of nitrogens with one attached hydrogen (secondary N) is 1. The summed E-state index contributed by atoms with van der Waals surface area (Å²) in [6, 6.07) is 19.0. The molecular weight excluding hydrogens is 432 g/mol. The minimum Gasteiger partial charge on any atom is -0.493 e. The van der Waals surface area contributed by atoms with E-state index in [0.29, 0.717) is 34.4 Å². The zero-order chi connectivity index (χ0) is 21.8. The Kier molecular flexibility index (Phi) is 6.39. The lowest BCUT2D eigenvalue weighted by molar-refractivity contribution is 0.0955. The number of aromatic nitrogens is 1. The molecule has 31 heavy (non-hydrogen) atoms. The Bertz CT molecular complexity index is 1240. The van der Waals surface area contributed by atoms with Gasteiger partial charge in [0.05, 0.1) is 40.2 Å². The normalized spacial score (nSPS) is 10.8. The lowest BCUT2D eigenvalue weighted by Crippen LogP contribution is -2.26. The van der Waals surface area contributed by atoms with Crippen molar-refractivity contribution in [3.8, 4) is 22.1 Å². The van der Waals surface area contributed by atoms with Crippen LogP contribution in [-0.4, -0.2) is 31.7 Å². The molecule has 0 saturated carbocycles. The van der Waals surface area contributed by atoms with Crippen LogP contribution in [0.5, 0.6) is 11.5 Å². The van der Waals surface area contributed by atoms with Gasteiger partial charge < -0.3 is 14.8 Å². The highest BCUT2D eigenvalue weighted by molar-refractivity contribution is 7.19. The fraction of sp³-hybridized carbons (Fsp3) is 0.167. The fourth-order valence-corrected chi connectivity index (χ4v) is 4.40. The minimum absolute atomic E-state index is 0.136. The van der Waals surface area contributed by atoms with Crippen LogP contribution in [0.15, 0.2) is 60.7 Å². The van der Waals surface area contributed by atoms with E-state index in [1.807, 2.05) is 60.7 Å². The Labute approximate surface area is 189 Å². The second-order valence-corrected chi connectivity index (χ2v) is 8.59. The average molecular weight is 453 g/mol. The molecular formula is C24H21ClN2O3S. The van der Waals surface area contributed by atoms with Gasteiger partial charge in [0.25, 0.3) is 5.91 Å². The number of methoxy groups -OCH3 is 2. The van der Waals surface area contributed by atoms with Crippen molar-refractivity contribution < 1.29 is 14.3 Å². The molecule has 2 heterocycles. The number of carbonyl (C=O) groups excluding carboxylic acids is 1. The highest BCUT2D eigenvalue weighted by Gasteiger charge is 2.15. The maximum Gasteiger partial charge on any atom is 0.252 e. The van der Waals surface area contributed by atoms with Crippen LogP contribution in [0.25, 0.3) is 21.5 Å².